The molecule has 0 aliphatic carbocycles. The Morgan fingerprint density at radius 2 is 2.14 bits per heavy atom. The van der Waals surface area contributed by atoms with Crippen molar-refractivity contribution in [3.05, 3.63) is 18.0 Å². The zero-order valence-electron chi connectivity index (χ0n) is 12.9. The number of nitrogens with zero attached hydrogens (tertiary/aromatic N) is 4. The summed E-state index contributed by atoms with van der Waals surface area (Å²) in [7, 11) is 3.60. The van der Waals surface area contributed by atoms with Crippen LogP contribution in [0.3, 0.4) is 0 Å². The van der Waals surface area contributed by atoms with Crippen LogP contribution in [-0.2, 0) is 16.1 Å². The molecule has 116 valence electrons. The summed E-state index contributed by atoms with van der Waals surface area (Å²) in [4.78, 5) is 28.2. The van der Waals surface area contributed by atoms with Gasteiger partial charge >= 0.3 is 0 Å². The van der Waals surface area contributed by atoms with Gasteiger partial charge in [-0.25, -0.2) is 0 Å². The summed E-state index contributed by atoms with van der Waals surface area (Å²) in [6.45, 7) is 4.71. The van der Waals surface area contributed by atoms with E-state index in [9.17, 15) is 9.59 Å². The fourth-order valence-electron chi connectivity index (χ4n) is 2.56. The van der Waals surface area contributed by atoms with Gasteiger partial charge < -0.3 is 15.1 Å². The molecule has 7 heteroatoms. The number of hydrogen-bond donors (Lipinski definition) is 1. The van der Waals surface area contributed by atoms with Gasteiger partial charge in [0.2, 0.25) is 11.8 Å². The molecule has 1 fully saturated rings. The lowest BCUT2D eigenvalue weighted by Gasteiger charge is -2.23. The summed E-state index contributed by atoms with van der Waals surface area (Å²) < 4.78 is 1.64. The third-order valence-electron chi connectivity index (χ3n) is 3.75. The minimum atomic E-state index is -0.189. The van der Waals surface area contributed by atoms with Gasteiger partial charge in [-0.15, -0.1) is 0 Å². The van der Waals surface area contributed by atoms with Gasteiger partial charge in [0.15, 0.2) is 0 Å². The number of likely N-dealkylation sites (N-methyl/N-ethyl adjacent to an activating group) is 1. The van der Waals surface area contributed by atoms with Crippen LogP contribution in [0, 0.1) is 12.8 Å². The van der Waals surface area contributed by atoms with E-state index in [0.29, 0.717) is 19.6 Å². The van der Waals surface area contributed by atoms with Crippen LogP contribution in [0.4, 0.5) is 0 Å². The molecular formula is C14H23N5O2. The average Bonchev–Trinajstić information content (AvgIpc) is 2.74. The van der Waals surface area contributed by atoms with E-state index in [0.717, 1.165) is 12.1 Å². The molecule has 1 N–H and O–H groups in total. The maximum absolute atomic E-state index is 12.4. The Morgan fingerprint density at radius 3 is 2.76 bits per heavy atom. The first-order chi connectivity index (χ1) is 9.99. The number of amides is 2. The molecule has 1 saturated heterocycles. The quantitative estimate of drug-likeness (QED) is 0.802. The predicted molar refractivity (Wildman–Crippen MR) is 78.6 cm³/mol. The molecule has 2 rings (SSSR count). The molecular weight excluding hydrogens is 270 g/mol. The first-order valence-corrected chi connectivity index (χ1v) is 7.16. The number of aryl methyl sites for hydroxylation is 1. The topological polar surface area (TPSA) is 70.5 Å². The van der Waals surface area contributed by atoms with Crippen molar-refractivity contribution in [1.82, 2.24) is 24.9 Å². The fraction of sp³-hybridized carbons (Fsp3) is 0.643. The van der Waals surface area contributed by atoms with Crippen molar-refractivity contribution in [2.24, 2.45) is 5.92 Å². The monoisotopic (exact) mass is 293 g/mol. The number of rotatable bonds is 3. The molecule has 1 aliphatic rings. The second-order valence-electron chi connectivity index (χ2n) is 5.63. The number of carbonyl (C=O) groups excluding carboxylic acids is 2. The van der Waals surface area contributed by atoms with E-state index >= 15 is 0 Å². The number of aromatic nitrogens is 2. The molecule has 0 aromatic carbocycles. The minimum absolute atomic E-state index is 0.00213. The van der Waals surface area contributed by atoms with Gasteiger partial charge in [0, 0.05) is 39.4 Å². The molecule has 1 aromatic heterocycles. The largest absolute Gasteiger partial charge is 0.359 e. The molecule has 7 nitrogen and oxygen atoms in total. The Labute approximate surface area is 124 Å². The van der Waals surface area contributed by atoms with Gasteiger partial charge in [-0.05, 0) is 19.5 Å². The Balaban J connectivity index is 2.03. The van der Waals surface area contributed by atoms with Crippen LogP contribution in [0.5, 0.6) is 0 Å². The second kappa shape index (κ2) is 6.71. The molecule has 0 bridgehead atoms. The van der Waals surface area contributed by atoms with Crippen LogP contribution < -0.4 is 5.32 Å². The SMILES string of the molecule is CNC(=O)[C@@H]1CN(C)CCN(C(=O)Cn2cc(C)cn2)C1. The van der Waals surface area contributed by atoms with Crippen molar-refractivity contribution in [1.29, 1.82) is 0 Å². The number of carbonyl (C=O) groups is 2. The molecule has 1 atom stereocenters. The molecule has 2 heterocycles. The minimum Gasteiger partial charge on any atom is -0.359 e. The highest BCUT2D eigenvalue weighted by molar-refractivity contribution is 5.81. The van der Waals surface area contributed by atoms with Crippen molar-refractivity contribution in [3.8, 4) is 0 Å². The molecule has 21 heavy (non-hydrogen) atoms. The van der Waals surface area contributed by atoms with Crippen LogP contribution in [0.15, 0.2) is 12.4 Å². The number of hydrogen-bond acceptors (Lipinski definition) is 4. The number of nitrogens with one attached hydrogen (secondary N) is 1. The van der Waals surface area contributed by atoms with Crippen molar-refractivity contribution < 1.29 is 9.59 Å². The molecule has 0 radical (unpaired) electrons. The summed E-state index contributed by atoms with van der Waals surface area (Å²) in [5.74, 6) is -0.204. The average molecular weight is 293 g/mol. The summed E-state index contributed by atoms with van der Waals surface area (Å²) in [6.07, 6.45) is 3.58. The molecule has 1 aliphatic heterocycles. The lowest BCUT2D eigenvalue weighted by molar-refractivity contribution is -0.133. The predicted octanol–water partition coefficient (Wildman–Crippen LogP) is -0.672. The highest BCUT2D eigenvalue weighted by Gasteiger charge is 2.28. The zero-order chi connectivity index (χ0) is 15.4. The van der Waals surface area contributed by atoms with Gasteiger partial charge in [-0.3, -0.25) is 14.3 Å². The maximum Gasteiger partial charge on any atom is 0.244 e. The summed E-state index contributed by atoms with van der Waals surface area (Å²) >= 11 is 0. The summed E-state index contributed by atoms with van der Waals surface area (Å²) in [5, 5.41) is 6.81. The van der Waals surface area contributed by atoms with Crippen molar-refractivity contribution >= 4 is 11.8 Å². The highest BCUT2D eigenvalue weighted by atomic mass is 16.2. The molecule has 0 unspecified atom stereocenters. The molecule has 1 aromatic rings. The third kappa shape index (κ3) is 4.04. The Hall–Kier alpha value is -1.89. The standard InChI is InChI=1S/C14H23N5O2/c1-11-6-16-19(7-11)10-13(20)18-5-4-17(3)8-12(9-18)14(21)15-2/h6-7,12H,4-5,8-10H2,1-3H3,(H,15,21)/t12-/m1/s1. The maximum atomic E-state index is 12.4. The lowest BCUT2D eigenvalue weighted by Crippen LogP contribution is -2.42. The van der Waals surface area contributed by atoms with Gasteiger partial charge in [0.1, 0.15) is 6.54 Å². The van der Waals surface area contributed by atoms with Gasteiger partial charge in [-0.2, -0.15) is 5.10 Å². The van der Waals surface area contributed by atoms with Crippen molar-refractivity contribution in [2.75, 3.05) is 40.3 Å². The van der Waals surface area contributed by atoms with E-state index in [1.54, 1.807) is 22.8 Å². The van der Waals surface area contributed by atoms with Crippen LogP contribution in [0.25, 0.3) is 0 Å². The third-order valence-corrected chi connectivity index (χ3v) is 3.75. The molecule has 2 amide bonds. The Bertz CT molecular complexity index is 513. The van der Waals surface area contributed by atoms with Crippen LogP contribution in [0.1, 0.15) is 5.56 Å². The molecule has 0 saturated carbocycles. The van der Waals surface area contributed by atoms with E-state index < -0.39 is 0 Å². The van der Waals surface area contributed by atoms with E-state index in [1.807, 2.05) is 20.2 Å². The van der Waals surface area contributed by atoms with E-state index in [2.05, 4.69) is 15.3 Å². The molecule has 0 spiro atoms. The van der Waals surface area contributed by atoms with Gasteiger partial charge in [0.05, 0.1) is 12.1 Å². The van der Waals surface area contributed by atoms with E-state index in [-0.39, 0.29) is 24.3 Å². The van der Waals surface area contributed by atoms with E-state index in [4.69, 9.17) is 0 Å². The highest BCUT2D eigenvalue weighted by Crippen LogP contribution is 2.10. The van der Waals surface area contributed by atoms with Crippen LogP contribution in [0.2, 0.25) is 0 Å². The second-order valence-corrected chi connectivity index (χ2v) is 5.63. The smallest absolute Gasteiger partial charge is 0.244 e. The lowest BCUT2D eigenvalue weighted by atomic mass is 10.1. The normalized spacial score (nSPS) is 20.1. The van der Waals surface area contributed by atoms with Gasteiger partial charge in [0.25, 0.3) is 0 Å². The Kier molecular flexibility index (Phi) is 4.95. The van der Waals surface area contributed by atoms with Crippen molar-refractivity contribution in [2.45, 2.75) is 13.5 Å². The van der Waals surface area contributed by atoms with E-state index in [1.165, 1.54) is 0 Å². The van der Waals surface area contributed by atoms with Crippen LogP contribution in [-0.4, -0.2) is 71.7 Å². The van der Waals surface area contributed by atoms with Gasteiger partial charge in [-0.1, -0.05) is 0 Å². The first-order valence-electron chi connectivity index (χ1n) is 7.16. The fourth-order valence-corrected chi connectivity index (χ4v) is 2.56. The summed E-state index contributed by atoms with van der Waals surface area (Å²) in [6, 6.07) is 0. The first kappa shape index (κ1) is 15.5. The van der Waals surface area contributed by atoms with Crippen molar-refractivity contribution in [3.63, 3.8) is 0 Å². The van der Waals surface area contributed by atoms with Crippen LogP contribution >= 0.6 is 0 Å². The zero-order valence-corrected chi connectivity index (χ0v) is 12.9. The Morgan fingerprint density at radius 1 is 1.38 bits per heavy atom. The summed E-state index contributed by atoms with van der Waals surface area (Å²) in [5.41, 5.74) is 1.03.